The number of carbonyl (C=O) groups is 3. The minimum atomic E-state index is -1.66. The van der Waals surface area contributed by atoms with Crippen LogP contribution in [-0.2, 0) is 14.4 Å². The van der Waals surface area contributed by atoms with E-state index < -0.39 is 52.3 Å². The minimum absolute atomic E-state index is 0. The van der Waals surface area contributed by atoms with Gasteiger partial charge >= 0.3 is 88.7 Å². The maximum atomic E-state index is 9.26. The van der Waals surface area contributed by atoms with E-state index in [-0.39, 0.29) is 88.7 Å². The summed E-state index contributed by atoms with van der Waals surface area (Å²) < 4.78 is 0. The molecular weight excluding hydrogens is 375 g/mol. The predicted molar refractivity (Wildman–Crippen MR) is 50.6 cm³/mol. The average Bonchev–Trinajstić information content (AvgIpc) is 2.10. The van der Waals surface area contributed by atoms with Crippen molar-refractivity contribution in [2.75, 3.05) is 19.6 Å². The van der Waals surface area contributed by atoms with Crippen LogP contribution < -0.4 is 104 Å². The molecule has 0 amide bonds. The van der Waals surface area contributed by atoms with Gasteiger partial charge in [-0.2, -0.15) is 0 Å². The molecule has 0 saturated heterocycles. The van der Waals surface area contributed by atoms with Crippen molar-refractivity contribution in [1.29, 1.82) is 0 Å². The van der Waals surface area contributed by atoms with E-state index in [1.807, 2.05) is 0 Å². The Bertz CT molecular complexity index is 332. The standard InChI is InChI=1S/3C2H3NO4.3Na/c3*4-2(5)1-3(6)7;;;/h3*1H2,(H,4,5);;;/q;;;3*+1/p-3. The van der Waals surface area contributed by atoms with Crippen LogP contribution >= 0.6 is 0 Å². The van der Waals surface area contributed by atoms with Gasteiger partial charge in [-0.3, -0.25) is 30.3 Å². The Hall–Kier alpha value is -0.390. The van der Waals surface area contributed by atoms with E-state index in [1.165, 1.54) is 0 Å². The van der Waals surface area contributed by atoms with Crippen molar-refractivity contribution in [1.82, 2.24) is 0 Å². The summed E-state index contributed by atoms with van der Waals surface area (Å²) in [5, 5.41) is 55.4. The number of carboxylic acids is 3. The van der Waals surface area contributed by atoms with Crippen molar-refractivity contribution < 1.29 is 133 Å². The second-order valence-electron chi connectivity index (χ2n) is 2.59. The van der Waals surface area contributed by atoms with E-state index in [9.17, 15) is 60.0 Å². The Balaban J connectivity index is -0.0000000476. The molecule has 18 heteroatoms. The van der Waals surface area contributed by atoms with Crippen LogP contribution in [-0.4, -0.2) is 52.3 Å². The molecule has 0 unspecified atom stereocenters. The molecule has 0 spiro atoms. The molecule has 0 aromatic carbocycles. The van der Waals surface area contributed by atoms with Crippen LogP contribution in [0.3, 0.4) is 0 Å². The minimum Gasteiger partial charge on any atom is -0.543 e. The van der Waals surface area contributed by atoms with Gasteiger partial charge in [0.2, 0.25) is 19.6 Å². The Morgan fingerprint density at radius 1 is 0.542 bits per heavy atom. The van der Waals surface area contributed by atoms with Crippen LogP contribution in [0.1, 0.15) is 0 Å². The molecule has 0 saturated carbocycles. The molecule has 24 heavy (non-hydrogen) atoms. The van der Waals surface area contributed by atoms with E-state index >= 15 is 0 Å². The van der Waals surface area contributed by atoms with Crippen molar-refractivity contribution in [3.05, 3.63) is 30.3 Å². The van der Waals surface area contributed by atoms with Crippen LogP contribution in [0.15, 0.2) is 0 Å². The molecule has 0 aliphatic heterocycles. The van der Waals surface area contributed by atoms with Gasteiger partial charge in [0, 0.05) is 14.8 Å². The fourth-order valence-electron chi connectivity index (χ4n) is 0.316. The predicted octanol–water partition coefficient (Wildman–Crippen LogP) is -14.9. The normalized spacial score (nSPS) is 7.00. The van der Waals surface area contributed by atoms with Gasteiger partial charge in [0.25, 0.3) is 0 Å². The fraction of sp³-hybridized carbons (Fsp3) is 0.500. The molecule has 0 N–H and O–H groups in total. The Labute approximate surface area is 199 Å². The Morgan fingerprint density at radius 2 is 0.667 bits per heavy atom. The summed E-state index contributed by atoms with van der Waals surface area (Å²) >= 11 is 0. The molecule has 0 radical (unpaired) electrons. The number of aliphatic carboxylic acids is 3. The van der Waals surface area contributed by atoms with E-state index in [0.717, 1.165) is 0 Å². The number of nitro groups is 3. The molecule has 0 atom stereocenters. The van der Waals surface area contributed by atoms with Gasteiger partial charge in [0.15, 0.2) is 0 Å². The van der Waals surface area contributed by atoms with Gasteiger partial charge in [0.05, 0.1) is 0 Å². The molecule has 120 valence electrons. The largest absolute Gasteiger partial charge is 1.00 e. The first-order valence-corrected chi connectivity index (χ1v) is 4.33. The van der Waals surface area contributed by atoms with E-state index in [4.69, 9.17) is 0 Å². The summed E-state index contributed by atoms with van der Waals surface area (Å²) in [6.45, 7) is -3.33. The SMILES string of the molecule is O=C([O-])C[N+](=O)[O-].O=C([O-])C[N+](=O)[O-].O=C([O-])C[N+](=O)[O-].[Na+].[Na+].[Na+]. The third-order valence-electron chi connectivity index (χ3n) is 0.775. The van der Waals surface area contributed by atoms with Crippen molar-refractivity contribution in [3.8, 4) is 0 Å². The van der Waals surface area contributed by atoms with Gasteiger partial charge in [0.1, 0.15) is 17.9 Å². The van der Waals surface area contributed by atoms with Gasteiger partial charge in [-0.15, -0.1) is 0 Å². The maximum absolute atomic E-state index is 9.26. The van der Waals surface area contributed by atoms with Crippen molar-refractivity contribution in [2.45, 2.75) is 0 Å². The number of carbonyl (C=O) groups excluding carboxylic acids is 3. The molecule has 15 nitrogen and oxygen atoms in total. The molecule has 0 fully saturated rings. The second-order valence-corrected chi connectivity index (χ2v) is 2.59. The molecule has 0 aromatic heterocycles. The van der Waals surface area contributed by atoms with Crippen molar-refractivity contribution >= 4 is 17.9 Å². The quantitative estimate of drug-likeness (QED) is 0.236. The van der Waals surface area contributed by atoms with E-state index in [2.05, 4.69) is 0 Å². The van der Waals surface area contributed by atoms with Gasteiger partial charge in [-0.05, 0) is 0 Å². The number of carboxylic acid groups (broad SMARTS) is 3. The number of nitrogens with zero attached hydrogens (tertiary/aromatic N) is 3. The summed E-state index contributed by atoms with van der Waals surface area (Å²) in [6, 6.07) is 0. The third-order valence-corrected chi connectivity index (χ3v) is 0.775. The first-order valence-electron chi connectivity index (χ1n) is 4.33. The van der Waals surface area contributed by atoms with Gasteiger partial charge in [-0.1, -0.05) is 0 Å². The maximum Gasteiger partial charge on any atom is 1.00 e. The zero-order chi connectivity index (χ0) is 17.6. The van der Waals surface area contributed by atoms with Gasteiger partial charge in [-0.25, -0.2) is 0 Å². The summed E-state index contributed by atoms with van der Waals surface area (Å²) in [5.74, 6) is -4.99. The van der Waals surface area contributed by atoms with Crippen LogP contribution in [0.2, 0.25) is 0 Å². The monoisotopic (exact) mass is 381 g/mol. The van der Waals surface area contributed by atoms with E-state index in [1.54, 1.807) is 0 Å². The van der Waals surface area contributed by atoms with E-state index in [0.29, 0.717) is 0 Å². The first-order chi connectivity index (χ1) is 9.38. The average molecular weight is 381 g/mol. The third kappa shape index (κ3) is 68.1. The summed E-state index contributed by atoms with van der Waals surface area (Å²) in [5.41, 5.74) is 0. The van der Waals surface area contributed by atoms with Crippen LogP contribution in [0.25, 0.3) is 0 Å². The van der Waals surface area contributed by atoms with Crippen LogP contribution in [0.5, 0.6) is 0 Å². The number of hydrogen-bond acceptors (Lipinski definition) is 12. The smallest absolute Gasteiger partial charge is 0.543 e. The molecule has 0 rings (SSSR count). The molecule has 0 aliphatic carbocycles. The molecule has 0 aromatic rings. The van der Waals surface area contributed by atoms with Crippen molar-refractivity contribution in [2.24, 2.45) is 0 Å². The topological polar surface area (TPSA) is 250 Å². The number of hydrogen-bond donors (Lipinski definition) is 0. The fourth-order valence-corrected chi connectivity index (χ4v) is 0.316. The zero-order valence-electron chi connectivity index (χ0n) is 12.9. The Kier molecular flexibility index (Phi) is 40.3. The van der Waals surface area contributed by atoms with Gasteiger partial charge < -0.3 is 29.7 Å². The molecule has 0 bridgehead atoms. The van der Waals surface area contributed by atoms with Crippen molar-refractivity contribution in [3.63, 3.8) is 0 Å². The zero-order valence-corrected chi connectivity index (χ0v) is 18.9. The molecule has 0 heterocycles. The number of rotatable bonds is 6. The summed E-state index contributed by atoms with van der Waals surface area (Å²) in [7, 11) is 0. The van der Waals surface area contributed by atoms with Crippen LogP contribution in [0.4, 0.5) is 0 Å². The summed E-state index contributed by atoms with van der Waals surface area (Å²) in [4.78, 5) is 52.5. The first kappa shape index (κ1) is 38.9. The molecular formula is C6H6N3Na3O12. The van der Waals surface area contributed by atoms with Crippen LogP contribution in [0, 0.1) is 30.3 Å². The second kappa shape index (κ2) is 24.9. The Morgan fingerprint density at radius 3 is 0.667 bits per heavy atom. The molecule has 0 aliphatic rings. The summed E-state index contributed by atoms with van der Waals surface area (Å²) in [6.07, 6.45) is 0.